The van der Waals surface area contributed by atoms with E-state index in [0.717, 1.165) is 18.8 Å². The van der Waals surface area contributed by atoms with Crippen LogP contribution in [0.3, 0.4) is 0 Å². The molecule has 0 saturated heterocycles. The summed E-state index contributed by atoms with van der Waals surface area (Å²) in [5.74, 6) is 0.378. The van der Waals surface area contributed by atoms with Crippen LogP contribution in [0.4, 0.5) is 5.69 Å². The zero-order valence-electron chi connectivity index (χ0n) is 13.3. The minimum atomic E-state index is -0.531. The molecule has 1 unspecified atom stereocenters. The first-order valence-corrected chi connectivity index (χ1v) is 7.43. The number of carbonyl (C=O) groups excluding carboxylic acids is 1. The Morgan fingerprint density at radius 3 is 2.38 bits per heavy atom. The third kappa shape index (κ3) is 5.45. The zero-order valence-corrected chi connectivity index (χ0v) is 13.3. The van der Waals surface area contributed by atoms with Crippen LogP contribution in [0.5, 0.6) is 0 Å². The second kappa shape index (κ2) is 9.00. The van der Waals surface area contributed by atoms with Crippen molar-refractivity contribution in [3.8, 4) is 0 Å². The van der Waals surface area contributed by atoms with Gasteiger partial charge in [0, 0.05) is 18.8 Å². The van der Waals surface area contributed by atoms with Gasteiger partial charge in [0.15, 0.2) is 5.96 Å². The summed E-state index contributed by atoms with van der Waals surface area (Å²) < 4.78 is 5.01. The number of esters is 1. The summed E-state index contributed by atoms with van der Waals surface area (Å²) in [5.41, 5.74) is 0.944. The first-order valence-electron chi connectivity index (χ1n) is 7.43. The van der Waals surface area contributed by atoms with Crippen molar-refractivity contribution < 1.29 is 9.53 Å². The first-order chi connectivity index (χ1) is 10.1. The number of anilines is 1. The molecule has 0 fully saturated rings. The molecular weight excluding hydrogens is 266 g/mol. The van der Waals surface area contributed by atoms with Crippen LogP contribution in [0.15, 0.2) is 35.3 Å². The van der Waals surface area contributed by atoms with Gasteiger partial charge in [-0.25, -0.2) is 9.79 Å². The number of aliphatic imine (C=N–C) groups is 1. The monoisotopic (exact) mass is 291 g/mol. The van der Waals surface area contributed by atoms with Gasteiger partial charge in [0.05, 0.1) is 6.61 Å². The SMILES string of the molecule is CCOC(=O)C(C)N=C(Nc1ccccc1)N(CC)CC. The fourth-order valence-corrected chi connectivity index (χ4v) is 1.87. The molecule has 5 heteroatoms. The highest BCUT2D eigenvalue weighted by Gasteiger charge is 2.16. The van der Waals surface area contributed by atoms with Gasteiger partial charge in [-0.05, 0) is 39.8 Å². The van der Waals surface area contributed by atoms with Gasteiger partial charge in [0.2, 0.25) is 0 Å². The van der Waals surface area contributed by atoms with Crippen LogP contribution in [0, 0.1) is 0 Å². The molecule has 0 bridgehead atoms. The molecule has 21 heavy (non-hydrogen) atoms. The van der Waals surface area contributed by atoms with Crippen LogP contribution in [-0.4, -0.2) is 42.6 Å². The summed E-state index contributed by atoms with van der Waals surface area (Å²) in [5, 5.41) is 3.28. The van der Waals surface area contributed by atoms with Crippen molar-refractivity contribution in [2.24, 2.45) is 4.99 Å². The van der Waals surface area contributed by atoms with E-state index in [2.05, 4.69) is 29.1 Å². The van der Waals surface area contributed by atoms with E-state index in [1.807, 2.05) is 30.3 Å². The van der Waals surface area contributed by atoms with Gasteiger partial charge >= 0.3 is 5.97 Å². The predicted molar refractivity (Wildman–Crippen MR) is 86.5 cm³/mol. The van der Waals surface area contributed by atoms with E-state index in [9.17, 15) is 4.79 Å². The van der Waals surface area contributed by atoms with Crippen molar-refractivity contribution in [2.45, 2.75) is 33.7 Å². The average Bonchev–Trinajstić information content (AvgIpc) is 2.49. The summed E-state index contributed by atoms with van der Waals surface area (Å²) in [4.78, 5) is 18.3. The lowest BCUT2D eigenvalue weighted by molar-refractivity contribution is -0.144. The Hall–Kier alpha value is -2.04. The van der Waals surface area contributed by atoms with E-state index in [1.165, 1.54) is 0 Å². The highest BCUT2D eigenvalue weighted by molar-refractivity contribution is 5.95. The number of nitrogens with zero attached hydrogens (tertiary/aromatic N) is 2. The first kappa shape index (κ1) is 17.0. The van der Waals surface area contributed by atoms with Gasteiger partial charge in [0.1, 0.15) is 6.04 Å². The standard InChI is InChI=1S/C16H25N3O2/c1-5-19(6-2)16(17-13(4)15(20)21-7-3)18-14-11-9-8-10-12-14/h8-13H,5-7H2,1-4H3,(H,17,18). The van der Waals surface area contributed by atoms with Crippen molar-refractivity contribution in [3.63, 3.8) is 0 Å². The minimum absolute atomic E-state index is 0.308. The van der Waals surface area contributed by atoms with E-state index in [0.29, 0.717) is 12.6 Å². The fourth-order valence-electron chi connectivity index (χ4n) is 1.87. The molecule has 0 spiro atoms. The maximum Gasteiger partial charge on any atom is 0.330 e. The summed E-state index contributed by atoms with van der Waals surface area (Å²) in [6.45, 7) is 9.64. The molecule has 5 nitrogen and oxygen atoms in total. The molecule has 0 aromatic heterocycles. The van der Waals surface area contributed by atoms with Gasteiger partial charge in [-0.2, -0.15) is 0 Å². The molecule has 1 aromatic rings. The Kier molecular flexibility index (Phi) is 7.29. The average molecular weight is 291 g/mol. The molecule has 1 N–H and O–H groups in total. The maximum absolute atomic E-state index is 11.8. The Labute approximate surface area is 127 Å². The number of para-hydroxylation sites is 1. The van der Waals surface area contributed by atoms with Crippen molar-refractivity contribution in [1.29, 1.82) is 0 Å². The molecular formula is C16H25N3O2. The Bertz CT molecular complexity index is 456. The van der Waals surface area contributed by atoms with Crippen molar-refractivity contribution in [2.75, 3.05) is 25.0 Å². The van der Waals surface area contributed by atoms with Crippen LogP contribution >= 0.6 is 0 Å². The van der Waals surface area contributed by atoms with Crippen LogP contribution in [0.25, 0.3) is 0 Å². The molecule has 0 radical (unpaired) electrons. The molecule has 1 atom stereocenters. The normalized spacial score (nSPS) is 12.7. The van der Waals surface area contributed by atoms with Crippen LogP contribution in [-0.2, 0) is 9.53 Å². The lowest BCUT2D eigenvalue weighted by Crippen LogP contribution is -2.38. The molecule has 0 heterocycles. The molecule has 0 aliphatic heterocycles. The lowest BCUT2D eigenvalue weighted by atomic mass is 10.3. The smallest absolute Gasteiger partial charge is 0.330 e. The van der Waals surface area contributed by atoms with E-state index in [4.69, 9.17) is 4.74 Å². The molecule has 1 aromatic carbocycles. The second-order valence-corrected chi connectivity index (χ2v) is 4.54. The minimum Gasteiger partial charge on any atom is -0.464 e. The van der Waals surface area contributed by atoms with Crippen molar-refractivity contribution in [3.05, 3.63) is 30.3 Å². The second-order valence-electron chi connectivity index (χ2n) is 4.54. The quantitative estimate of drug-likeness (QED) is 0.497. The van der Waals surface area contributed by atoms with Crippen molar-refractivity contribution in [1.82, 2.24) is 4.90 Å². The Morgan fingerprint density at radius 2 is 1.86 bits per heavy atom. The number of hydrogen-bond donors (Lipinski definition) is 1. The molecule has 0 aliphatic carbocycles. The molecule has 0 amide bonds. The van der Waals surface area contributed by atoms with Gasteiger partial charge in [-0.15, -0.1) is 0 Å². The fraction of sp³-hybridized carbons (Fsp3) is 0.500. The molecule has 0 aliphatic rings. The van der Waals surface area contributed by atoms with Crippen molar-refractivity contribution >= 4 is 17.6 Å². The Morgan fingerprint density at radius 1 is 1.24 bits per heavy atom. The summed E-state index contributed by atoms with van der Waals surface area (Å²) >= 11 is 0. The molecule has 1 rings (SSSR count). The predicted octanol–water partition coefficient (Wildman–Crippen LogP) is 2.75. The summed E-state index contributed by atoms with van der Waals surface area (Å²) in [7, 11) is 0. The number of hydrogen-bond acceptors (Lipinski definition) is 3. The topological polar surface area (TPSA) is 53.9 Å². The van der Waals surface area contributed by atoms with E-state index in [-0.39, 0.29) is 5.97 Å². The zero-order chi connectivity index (χ0) is 15.7. The summed E-state index contributed by atoms with van der Waals surface area (Å²) in [6.07, 6.45) is 0. The van der Waals surface area contributed by atoms with E-state index in [1.54, 1.807) is 13.8 Å². The number of ether oxygens (including phenoxy) is 1. The molecule has 0 saturated carbocycles. The van der Waals surface area contributed by atoms with Crippen LogP contribution < -0.4 is 5.32 Å². The summed E-state index contributed by atoms with van der Waals surface area (Å²) in [6, 6.07) is 9.27. The highest BCUT2D eigenvalue weighted by atomic mass is 16.5. The number of carbonyl (C=O) groups is 1. The number of benzene rings is 1. The number of nitrogens with one attached hydrogen (secondary N) is 1. The van der Waals surface area contributed by atoms with Gasteiger partial charge < -0.3 is 15.0 Å². The lowest BCUT2D eigenvalue weighted by Gasteiger charge is -2.25. The Balaban J connectivity index is 2.93. The third-order valence-corrected chi connectivity index (χ3v) is 3.04. The van der Waals surface area contributed by atoms with Crippen LogP contribution in [0.2, 0.25) is 0 Å². The molecule has 116 valence electrons. The van der Waals surface area contributed by atoms with E-state index < -0.39 is 6.04 Å². The number of guanidine groups is 1. The van der Waals surface area contributed by atoms with Crippen LogP contribution in [0.1, 0.15) is 27.7 Å². The van der Waals surface area contributed by atoms with Gasteiger partial charge in [0.25, 0.3) is 0 Å². The third-order valence-electron chi connectivity index (χ3n) is 3.04. The van der Waals surface area contributed by atoms with Gasteiger partial charge in [-0.1, -0.05) is 18.2 Å². The van der Waals surface area contributed by atoms with Gasteiger partial charge in [-0.3, -0.25) is 0 Å². The number of rotatable bonds is 6. The largest absolute Gasteiger partial charge is 0.464 e. The maximum atomic E-state index is 11.8. The van der Waals surface area contributed by atoms with E-state index >= 15 is 0 Å². The highest BCUT2D eigenvalue weighted by Crippen LogP contribution is 2.08.